The summed E-state index contributed by atoms with van der Waals surface area (Å²) in [7, 11) is -2.21. The first-order valence-corrected chi connectivity index (χ1v) is 10.5. The quantitative estimate of drug-likeness (QED) is 0.825. The molecular weight excluding hydrogens is 382 g/mol. The van der Waals surface area contributed by atoms with E-state index in [4.69, 9.17) is 11.6 Å². The summed E-state index contributed by atoms with van der Waals surface area (Å²) in [5.74, 6) is -0.172. The fourth-order valence-corrected chi connectivity index (χ4v) is 4.95. The SMILES string of the molecule is CNS(=O)(=O)c1csc(C(=O)N2CCNCC2c2cccc(Cl)c2)c1. The molecule has 134 valence electrons. The molecule has 1 aliphatic heterocycles. The molecule has 0 radical (unpaired) electrons. The summed E-state index contributed by atoms with van der Waals surface area (Å²) in [5.41, 5.74) is 0.952. The Kier molecular flexibility index (Phi) is 5.45. The number of benzene rings is 1. The summed E-state index contributed by atoms with van der Waals surface area (Å²) in [5, 5.41) is 5.39. The Morgan fingerprint density at radius 3 is 2.92 bits per heavy atom. The molecule has 2 heterocycles. The standard InChI is InChI=1S/C16H18ClN3O3S2/c1-18-25(22,23)13-8-15(24-10-13)16(21)20-6-5-19-9-14(20)11-3-2-4-12(17)7-11/h2-4,7-8,10,14,18-19H,5-6,9H2,1H3. The van der Waals surface area contributed by atoms with E-state index >= 15 is 0 Å². The van der Waals surface area contributed by atoms with Gasteiger partial charge >= 0.3 is 0 Å². The second-order valence-corrected chi connectivity index (χ2v) is 8.86. The lowest BCUT2D eigenvalue weighted by atomic mass is 10.0. The van der Waals surface area contributed by atoms with Crippen molar-refractivity contribution >= 4 is 38.9 Å². The summed E-state index contributed by atoms with van der Waals surface area (Å²) in [6, 6.07) is 8.72. The van der Waals surface area contributed by atoms with Crippen LogP contribution in [0, 0.1) is 0 Å². The zero-order valence-corrected chi connectivity index (χ0v) is 15.9. The molecule has 2 aromatic rings. The number of nitrogens with one attached hydrogen (secondary N) is 2. The maximum Gasteiger partial charge on any atom is 0.264 e. The van der Waals surface area contributed by atoms with Crippen LogP contribution < -0.4 is 10.0 Å². The van der Waals surface area contributed by atoms with Crippen LogP contribution in [0.3, 0.4) is 0 Å². The molecule has 1 amide bonds. The topological polar surface area (TPSA) is 78.5 Å². The van der Waals surface area contributed by atoms with Crippen LogP contribution in [0.4, 0.5) is 0 Å². The summed E-state index contributed by atoms with van der Waals surface area (Å²) in [4.78, 5) is 15.2. The third-order valence-corrected chi connectivity index (χ3v) is 6.80. The number of halogens is 1. The highest BCUT2D eigenvalue weighted by molar-refractivity contribution is 7.89. The van der Waals surface area contributed by atoms with Gasteiger partial charge in [0.15, 0.2) is 0 Å². The average Bonchev–Trinajstić information content (AvgIpc) is 3.12. The molecule has 1 unspecified atom stereocenters. The van der Waals surface area contributed by atoms with Gasteiger partial charge < -0.3 is 10.2 Å². The highest BCUT2D eigenvalue weighted by atomic mass is 35.5. The minimum absolute atomic E-state index is 0.109. The summed E-state index contributed by atoms with van der Waals surface area (Å²) in [6.45, 7) is 1.86. The van der Waals surface area contributed by atoms with Gasteiger partial charge in [-0.2, -0.15) is 0 Å². The van der Waals surface area contributed by atoms with E-state index in [0.717, 1.165) is 16.9 Å². The van der Waals surface area contributed by atoms with Gasteiger partial charge in [-0.25, -0.2) is 13.1 Å². The Hall–Kier alpha value is -1.45. The van der Waals surface area contributed by atoms with Crippen molar-refractivity contribution < 1.29 is 13.2 Å². The number of nitrogens with zero attached hydrogens (tertiary/aromatic N) is 1. The minimum Gasteiger partial charge on any atom is -0.328 e. The molecule has 25 heavy (non-hydrogen) atoms. The number of carbonyl (C=O) groups is 1. The van der Waals surface area contributed by atoms with E-state index in [2.05, 4.69) is 10.0 Å². The lowest BCUT2D eigenvalue weighted by Gasteiger charge is -2.36. The van der Waals surface area contributed by atoms with E-state index in [1.54, 1.807) is 11.0 Å². The van der Waals surface area contributed by atoms with E-state index in [9.17, 15) is 13.2 Å². The molecule has 0 aliphatic carbocycles. The predicted octanol–water partition coefficient (Wildman–Crippen LogP) is 2.10. The van der Waals surface area contributed by atoms with Crippen molar-refractivity contribution in [2.75, 3.05) is 26.7 Å². The van der Waals surface area contributed by atoms with E-state index in [1.807, 2.05) is 18.2 Å². The van der Waals surface area contributed by atoms with Crippen molar-refractivity contribution in [2.45, 2.75) is 10.9 Å². The third kappa shape index (κ3) is 3.88. The summed E-state index contributed by atoms with van der Waals surface area (Å²) < 4.78 is 26.0. The molecule has 0 saturated carbocycles. The first kappa shape index (κ1) is 18.3. The van der Waals surface area contributed by atoms with Crippen LogP contribution in [-0.4, -0.2) is 45.9 Å². The first-order valence-electron chi connectivity index (χ1n) is 7.71. The van der Waals surface area contributed by atoms with Crippen LogP contribution in [0.2, 0.25) is 5.02 Å². The Morgan fingerprint density at radius 1 is 1.40 bits per heavy atom. The molecule has 3 rings (SSSR count). The number of amides is 1. The molecule has 1 aliphatic rings. The zero-order chi connectivity index (χ0) is 18.0. The van der Waals surface area contributed by atoms with Gasteiger partial charge in [-0.15, -0.1) is 11.3 Å². The maximum absolute atomic E-state index is 13.0. The Morgan fingerprint density at radius 2 is 2.20 bits per heavy atom. The van der Waals surface area contributed by atoms with Crippen LogP contribution in [0.25, 0.3) is 0 Å². The van der Waals surface area contributed by atoms with Gasteiger partial charge in [0.1, 0.15) is 0 Å². The van der Waals surface area contributed by atoms with Crippen LogP contribution in [0.5, 0.6) is 0 Å². The van der Waals surface area contributed by atoms with Crippen LogP contribution in [0.1, 0.15) is 21.3 Å². The van der Waals surface area contributed by atoms with Crippen molar-refractivity contribution in [3.05, 3.63) is 51.2 Å². The summed E-state index contributed by atoms with van der Waals surface area (Å²) >= 11 is 7.22. The van der Waals surface area contributed by atoms with E-state index in [0.29, 0.717) is 29.5 Å². The van der Waals surface area contributed by atoms with Crippen LogP contribution in [-0.2, 0) is 10.0 Å². The Labute approximate surface area is 155 Å². The van der Waals surface area contributed by atoms with Crippen LogP contribution >= 0.6 is 22.9 Å². The summed E-state index contributed by atoms with van der Waals surface area (Å²) in [6.07, 6.45) is 0. The number of hydrogen-bond acceptors (Lipinski definition) is 5. The molecule has 2 N–H and O–H groups in total. The zero-order valence-electron chi connectivity index (χ0n) is 13.5. The number of carbonyl (C=O) groups excluding carboxylic acids is 1. The number of rotatable bonds is 4. The fraction of sp³-hybridized carbons (Fsp3) is 0.312. The second kappa shape index (κ2) is 7.43. The molecule has 0 bridgehead atoms. The number of piperazine rings is 1. The van der Waals surface area contributed by atoms with Crippen molar-refractivity contribution in [1.29, 1.82) is 0 Å². The molecule has 1 aromatic carbocycles. The molecule has 1 atom stereocenters. The molecule has 1 saturated heterocycles. The van der Waals surface area contributed by atoms with Crippen molar-refractivity contribution in [1.82, 2.24) is 14.9 Å². The maximum atomic E-state index is 13.0. The smallest absolute Gasteiger partial charge is 0.264 e. The molecular formula is C16H18ClN3O3S2. The molecule has 9 heteroatoms. The number of sulfonamides is 1. The molecule has 0 spiro atoms. The van der Waals surface area contributed by atoms with Gasteiger partial charge in [0.25, 0.3) is 5.91 Å². The second-order valence-electron chi connectivity index (χ2n) is 5.63. The number of thiophene rings is 1. The third-order valence-electron chi connectivity index (χ3n) is 4.10. The first-order chi connectivity index (χ1) is 11.9. The van der Waals surface area contributed by atoms with Crippen LogP contribution in [0.15, 0.2) is 40.6 Å². The van der Waals surface area contributed by atoms with Gasteiger partial charge in [0.2, 0.25) is 10.0 Å². The van der Waals surface area contributed by atoms with Gasteiger partial charge in [-0.05, 0) is 30.8 Å². The highest BCUT2D eigenvalue weighted by Crippen LogP contribution is 2.28. The molecule has 6 nitrogen and oxygen atoms in total. The van der Waals surface area contributed by atoms with E-state index < -0.39 is 10.0 Å². The fourth-order valence-electron chi connectivity index (χ4n) is 2.79. The predicted molar refractivity (Wildman–Crippen MR) is 98.7 cm³/mol. The lowest BCUT2D eigenvalue weighted by molar-refractivity contribution is 0.0639. The normalized spacial score (nSPS) is 18.3. The monoisotopic (exact) mass is 399 g/mol. The highest BCUT2D eigenvalue weighted by Gasteiger charge is 2.30. The van der Waals surface area contributed by atoms with Crippen molar-refractivity contribution in [3.8, 4) is 0 Å². The Bertz CT molecular complexity index is 882. The van der Waals surface area contributed by atoms with Gasteiger partial charge in [0.05, 0.1) is 15.8 Å². The van der Waals surface area contributed by atoms with E-state index in [-0.39, 0.29) is 16.8 Å². The molecule has 1 aromatic heterocycles. The number of hydrogen-bond donors (Lipinski definition) is 2. The van der Waals surface area contributed by atoms with Gasteiger partial charge in [-0.1, -0.05) is 23.7 Å². The van der Waals surface area contributed by atoms with Gasteiger partial charge in [-0.3, -0.25) is 4.79 Å². The molecule has 1 fully saturated rings. The van der Waals surface area contributed by atoms with Gasteiger partial charge in [0, 0.05) is 30.0 Å². The van der Waals surface area contributed by atoms with E-state index in [1.165, 1.54) is 18.5 Å². The Balaban J connectivity index is 1.89. The van der Waals surface area contributed by atoms with Crippen molar-refractivity contribution in [3.63, 3.8) is 0 Å². The lowest BCUT2D eigenvalue weighted by Crippen LogP contribution is -2.48. The average molecular weight is 400 g/mol. The van der Waals surface area contributed by atoms with Crippen molar-refractivity contribution in [2.24, 2.45) is 0 Å². The minimum atomic E-state index is -3.55. The largest absolute Gasteiger partial charge is 0.328 e.